The summed E-state index contributed by atoms with van der Waals surface area (Å²) in [6.07, 6.45) is -2.93. The summed E-state index contributed by atoms with van der Waals surface area (Å²) < 4.78 is 40.1. The van der Waals surface area contributed by atoms with E-state index >= 15 is 0 Å². The maximum absolute atomic E-state index is 12.3. The van der Waals surface area contributed by atoms with Crippen molar-refractivity contribution < 1.29 is 13.2 Å². The van der Waals surface area contributed by atoms with Crippen LogP contribution in [-0.2, 0) is 6.18 Å². The molecule has 0 aromatic carbocycles. The van der Waals surface area contributed by atoms with Crippen LogP contribution in [-0.4, -0.2) is 27.8 Å². The van der Waals surface area contributed by atoms with Crippen LogP contribution in [0.4, 0.5) is 18.3 Å². The zero-order valence-electron chi connectivity index (χ0n) is 8.17. The predicted octanol–water partition coefficient (Wildman–Crippen LogP) is 2.76. The minimum atomic E-state index is -4.46. The van der Waals surface area contributed by atoms with Crippen LogP contribution in [0.5, 0.6) is 0 Å². The van der Waals surface area contributed by atoms with Crippen molar-refractivity contribution in [1.82, 2.24) is 9.36 Å². The first kappa shape index (κ1) is 11.9. The number of hydrogen-bond acceptors (Lipinski definition) is 4. The molecular weight excluding hydrogens is 263 g/mol. The number of piperidine rings is 1. The van der Waals surface area contributed by atoms with Crippen molar-refractivity contribution >= 4 is 28.3 Å². The topological polar surface area (TPSA) is 29.0 Å². The molecule has 0 N–H and O–H groups in total. The van der Waals surface area contributed by atoms with Gasteiger partial charge in [0, 0.05) is 30.0 Å². The van der Waals surface area contributed by atoms with E-state index in [2.05, 4.69) is 9.36 Å². The van der Waals surface area contributed by atoms with Gasteiger partial charge in [-0.25, -0.2) is 0 Å². The van der Waals surface area contributed by atoms with E-state index in [0.29, 0.717) is 18.2 Å². The van der Waals surface area contributed by atoms with Gasteiger partial charge in [0.15, 0.2) is 0 Å². The number of aromatic nitrogens is 2. The smallest absolute Gasteiger partial charge is 0.347 e. The lowest BCUT2D eigenvalue weighted by Gasteiger charge is -2.28. The number of rotatable bonds is 1. The Morgan fingerprint density at radius 1 is 1.31 bits per heavy atom. The van der Waals surface area contributed by atoms with Gasteiger partial charge in [0.2, 0.25) is 11.0 Å². The SMILES string of the molecule is FC(F)(F)c1nsc(N2CCC(Cl)CC2)n1. The number of anilines is 1. The Hall–Kier alpha value is -0.560. The Morgan fingerprint density at radius 2 is 1.94 bits per heavy atom. The van der Waals surface area contributed by atoms with Gasteiger partial charge in [-0.05, 0) is 12.8 Å². The van der Waals surface area contributed by atoms with Crippen LogP contribution in [0.2, 0.25) is 0 Å². The molecular formula is C8H9ClF3N3S. The van der Waals surface area contributed by atoms with Crippen LogP contribution < -0.4 is 4.90 Å². The molecule has 3 nitrogen and oxygen atoms in total. The third-order valence-electron chi connectivity index (χ3n) is 2.36. The fourth-order valence-corrected chi connectivity index (χ4v) is 2.43. The Balaban J connectivity index is 2.08. The van der Waals surface area contributed by atoms with E-state index in [1.54, 1.807) is 4.90 Å². The zero-order chi connectivity index (χ0) is 11.8. The van der Waals surface area contributed by atoms with Crippen LogP contribution in [0.15, 0.2) is 0 Å². The third-order valence-corrected chi connectivity index (χ3v) is 3.58. The summed E-state index contributed by atoms with van der Waals surface area (Å²) in [5.74, 6) is -1.06. The van der Waals surface area contributed by atoms with Crippen LogP contribution in [0, 0.1) is 0 Å². The van der Waals surface area contributed by atoms with Gasteiger partial charge in [-0.3, -0.25) is 0 Å². The number of nitrogens with zero attached hydrogens (tertiary/aromatic N) is 3. The molecule has 16 heavy (non-hydrogen) atoms. The summed E-state index contributed by atoms with van der Waals surface area (Å²) in [5, 5.41) is 0.446. The fraction of sp³-hybridized carbons (Fsp3) is 0.750. The summed E-state index contributed by atoms with van der Waals surface area (Å²) in [7, 11) is 0. The molecule has 0 spiro atoms. The lowest BCUT2D eigenvalue weighted by molar-refractivity contribution is -0.144. The van der Waals surface area contributed by atoms with Gasteiger partial charge >= 0.3 is 6.18 Å². The van der Waals surface area contributed by atoms with Crippen molar-refractivity contribution in [3.05, 3.63) is 5.82 Å². The Labute approximate surface area is 99.4 Å². The van der Waals surface area contributed by atoms with E-state index in [4.69, 9.17) is 11.6 Å². The summed E-state index contributed by atoms with van der Waals surface area (Å²) in [4.78, 5) is 5.29. The molecule has 0 unspecified atom stereocenters. The highest BCUT2D eigenvalue weighted by Gasteiger charge is 2.36. The van der Waals surface area contributed by atoms with Crippen LogP contribution in [0.3, 0.4) is 0 Å². The van der Waals surface area contributed by atoms with E-state index in [-0.39, 0.29) is 5.38 Å². The van der Waals surface area contributed by atoms with E-state index in [0.717, 1.165) is 24.4 Å². The van der Waals surface area contributed by atoms with Crippen LogP contribution in [0.25, 0.3) is 0 Å². The van der Waals surface area contributed by atoms with Gasteiger partial charge in [-0.2, -0.15) is 22.5 Å². The summed E-state index contributed by atoms with van der Waals surface area (Å²) in [6, 6.07) is 0. The first-order valence-corrected chi connectivity index (χ1v) is 5.98. The van der Waals surface area contributed by atoms with E-state index in [9.17, 15) is 13.2 Å². The monoisotopic (exact) mass is 271 g/mol. The van der Waals surface area contributed by atoms with Gasteiger partial charge in [0.25, 0.3) is 0 Å². The molecule has 0 aliphatic carbocycles. The Morgan fingerprint density at radius 3 is 2.44 bits per heavy atom. The highest BCUT2D eigenvalue weighted by atomic mass is 35.5. The van der Waals surface area contributed by atoms with Gasteiger partial charge in [0.05, 0.1) is 0 Å². The molecule has 90 valence electrons. The van der Waals surface area contributed by atoms with Gasteiger partial charge < -0.3 is 4.90 Å². The van der Waals surface area contributed by atoms with E-state index in [1.165, 1.54) is 0 Å². The number of alkyl halides is 4. The van der Waals surface area contributed by atoms with Gasteiger partial charge in [0.1, 0.15) is 0 Å². The van der Waals surface area contributed by atoms with Crippen LogP contribution >= 0.6 is 23.1 Å². The molecule has 1 fully saturated rings. The second-order valence-electron chi connectivity index (χ2n) is 3.56. The molecule has 0 amide bonds. The number of hydrogen-bond donors (Lipinski definition) is 0. The zero-order valence-corrected chi connectivity index (χ0v) is 9.74. The Kier molecular flexibility index (Phi) is 3.25. The summed E-state index contributed by atoms with van der Waals surface area (Å²) >= 11 is 6.69. The molecule has 0 atom stereocenters. The average Bonchev–Trinajstić information content (AvgIpc) is 2.67. The highest BCUT2D eigenvalue weighted by Crippen LogP contribution is 2.31. The van der Waals surface area contributed by atoms with Crippen molar-refractivity contribution in [1.29, 1.82) is 0 Å². The van der Waals surface area contributed by atoms with Crippen molar-refractivity contribution in [3.63, 3.8) is 0 Å². The second-order valence-corrected chi connectivity index (χ2v) is 4.91. The minimum Gasteiger partial charge on any atom is -0.347 e. The van der Waals surface area contributed by atoms with Crippen molar-refractivity contribution in [2.24, 2.45) is 0 Å². The Bertz CT molecular complexity index is 360. The lowest BCUT2D eigenvalue weighted by Crippen LogP contribution is -2.33. The molecule has 8 heteroatoms. The molecule has 0 radical (unpaired) electrons. The molecule has 1 aromatic rings. The fourth-order valence-electron chi connectivity index (χ4n) is 1.50. The molecule has 0 bridgehead atoms. The quantitative estimate of drug-likeness (QED) is 0.736. The summed E-state index contributed by atoms with van der Waals surface area (Å²) in [5.41, 5.74) is 0. The van der Waals surface area contributed by atoms with Crippen LogP contribution in [0.1, 0.15) is 18.7 Å². The molecule has 2 heterocycles. The molecule has 2 rings (SSSR count). The largest absolute Gasteiger partial charge is 0.452 e. The molecule has 1 saturated heterocycles. The van der Waals surface area contributed by atoms with Gasteiger partial charge in [-0.15, -0.1) is 11.6 Å². The van der Waals surface area contributed by atoms with E-state index < -0.39 is 12.0 Å². The predicted molar refractivity (Wildman–Crippen MR) is 56.0 cm³/mol. The maximum atomic E-state index is 12.3. The van der Waals surface area contributed by atoms with Crippen molar-refractivity contribution in [2.45, 2.75) is 24.4 Å². The lowest BCUT2D eigenvalue weighted by atomic mass is 10.1. The minimum absolute atomic E-state index is 0.117. The first-order valence-electron chi connectivity index (χ1n) is 4.77. The third kappa shape index (κ3) is 2.57. The normalized spacial score (nSPS) is 19.1. The average molecular weight is 272 g/mol. The second kappa shape index (κ2) is 4.37. The molecule has 1 aromatic heterocycles. The summed E-state index contributed by atoms with van der Waals surface area (Å²) in [6.45, 7) is 1.28. The number of halogens is 4. The van der Waals surface area contributed by atoms with Gasteiger partial charge in [-0.1, -0.05) is 0 Å². The highest BCUT2D eigenvalue weighted by molar-refractivity contribution is 7.09. The molecule has 1 aliphatic rings. The standard InChI is InChI=1S/C8H9ClF3N3S/c9-5-1-3-15(4-2-5)7-13-6(14-16-7)8(10,11)12/h5H,1-4H2. The molecule has 1 aliphatic heterocycles. The molecule has 0 saturated carbocycles. The first-order chi connectivity index (χ1) is 7.47. The maximum Gasteiger partial charge on any atom is 0.452 e. The van der Waals surface area contributed by atoms with Crippen molar-refractivity contribution in [3.8, 4) is 0 Å². The van der Waals surface area contributed by atoms with Crippen molar-refractivity contribution in [2.75, 3.05) is 18.0 Å². The van der Waals surface area contributed by atoms with E-state index in [1.807, 2.05) is 0 Å².